The van der Waals surface area contributed by atoms with Crippen LogP contribution in [0.3, 0.4) is 0 Å². The van der Waals surface area contributed by atoms with Crippen LogP contribution in [0.2, 0.25) is 0 Å². The Balaban J connectivity index is 1.48. The number of ether oxygens (including phenoxy) is 3. The van der Waals surface area contributed by atoms with Gasteiger partial charge in [-0.2, -0.15) is 15.4 Å². The van der Waals surface area contributed by atoms with Crippen LogP contribution in [0.1, 0.15) is 5.56 Å². The third-order valence-electron chi connectivity index (χ3n) is 4.97. The van der Waals surface area contributed by atoms with Crippen molar-refractivity contribution in [2.45, 2.75) is 6.54 Å². The Morgan fingerprint density at radius 2 is 1.87 bits per heavy atom. The first-order valence-electron chi connectivity index (χ1n) is 9.95. The molecule has 0 saturated carbocycles. The average Bonchev–Trinajstić information content (AvgIpc) is 3.19. The predicted molar refractivity (Wildman–Crippen MR) is 115 cm³/mol. The molecular formula is C21H28N6O3. The fourth-order valence-corrected chi connectivity index (χ4v) is 3.32. The molecule has 1 aromatic heterocycles. The zero-order valence-electron chi connectivity index (χ0n) is 17.5. The first-order valence-corrected chi connectivity index (χ1v) is 9.95. The number of hydrogen-bond acceptors (Lipinski definition) is 8. The van der Waals surface area contributed by atoms with Crippen LogP contribution in [0.4, 0.5) is 11.5 Å². The van der Waals surface area contributed by atoms with E-state index >= 15 is 0 Å². The Bertz CT molecular complexity index is 851. The lowest BCUT2D eigenvalue weighted by Crippen LogP contribution is -2.47. The van der Waals surface area contributed by atoms with Crippen LogP contribution in [0.5, 0.6) is 5.75 Å². The molecule has 1 aromatic carbocycles. The SMILES string of the molecule is COC=Nc1c(C#N)cnn1CCN1CCN(c2ccc(OCCOC)cc2)CC1. The van der Waals surface area contributed by atoms with Crippen LogP contribution in [0.15, 0.2) is 35.5 Å². The number of aromatic nitrogens is 2. The van der Waals surface area contributed by atoms with Gasteiger partial charge in [0.25, 0.3) is 0 Å². The molecular weight excluding hydrogens is 384 g/mol. The highest BCUT2D eigenvalue weighted by atomic mass is 16.5. The van der Waals surface area contributed by atoms with E-state index in [1.807, 2.05) is 12.1 Å². The van der Waals surface area contributed by atoms with Crippen molar-refractivity contribution in [3.8, 4) is 11.8 Å². The van der Waals surface area contributed by atoms with Gasteiger partial charge >= 0.3 is 0 Å². The fourth-order valence-electron chi connectivity index (χ4n) is 3.32. The summed E-state index contributed by atoms with van der Waals surface area (Å²) in [4.78, 5) is 8.97. The highest BCUT2D eigenvalue weighted by Crippen LogP contribution is 2.21. The van der Waals surface area contributed by atoms with Gasteiger partial charge < -0.3 is 19.1 Å². The van der Waals surface area contributed by atoms with E-state index in [0.29, 0.717) is 31.1 Å². The zero-order chi connectivity index (χ0) is 21.2. The minimum Gasteiger partial charge on any atom is -0.491 e. The van der Waals surface area contributed by atoms with Gasteiger partial charge in [0, 0.05) is 45.5 Å². The minimum absolute atomic E-state index is 0.447. The summed E-state index contributed by atoms with van der Waals surface area (Å²) in [5.41, 5.74) is 1.65. The number of piperazine rings is 1. The topological polar surface area (TPSA) is 88.1 Å². The molecule has 0 radical (unpaired) electrons. The maximum absolute atomic E-state index is 9.21. The van der Waals surface area contributed by atoms with Gasteiger partial charge in [-0.3, -0.25) is 4.90 Å². The van der Waals surface area contributed by atoms with Crippen molar-refractivity contribution in [1.29, 1.82) is 5.26 Å². The summed E-state index contributed by atoms with van der Waals surface area (Å²) in [5, 5.41) is 13.5. The van der Waals surface area contributed by atoms with Gasteiger partial charge in [-0.15, -0.1) is 0 Å². The number of rotatable bonds is 10. The molecule has 0 N–H and O–H groups in total. The van der Waals surface area contributed by atoms with Gasteiger partial charge in [0.15, 0.2) is 12.2 Å². The molecule has 0 bridgehead atoms. The molecule has 1 aliphatic heterocycles. The Hall–Kier alpha value is -3.09. The van der Waals surface area contributed by atoms with Crippen molar-refractivity contribution >= 4 is 17.9 Å². The van der Waals surface area contributed by atoms with Crippen LogP contribution in [-0.2, 0) is 16.0 Å². The predicted octanol–water partition coefficient (Wildman–Crippen LogP) is 1.91. The van der Waals surface area contributed by atoms with Crippen molar-refractivity contribution < 1.29 is 14.2 Å². The second-order valence-corrected chi connectivity index (χ2v) is 6.85. The molecule has 2 aromatic rings. The average molecular weight is 412 g/mol. The molecule has 1 aliphatic rings. The van der Waals surface area contributed by atoms with Crippen molar-refractivity contribution in [1.82, 2.24) is 14.7 Å². The summed E-state index contributed by atoms with van der Waals surface area (Å²) in [7, 11) is 3.19. The summed E-state index contributed by atoms with van der Waals surface area (Å²) in [6, 6.07) is 10.3. The van der Waals surface area contributed by atoms with Crippen molar-refractivity contribution in [3.05, 3.63) is 36.0 Å². The summed E-state index contributed by atoms with van der Waals surface area (Å²) in [6.07, 6.45) is 2.87. The largest absolute Gasteiger partial charge is 0.491 e. The third-order valence-corrected chi connectivity index (χ3v) is 4.97. The molecule has 30 heavy (non-hydrogen) atoms. The van der Waals surface area contributed by atoms with E-state index in [1.165, 1.54) is 19.2 Å². The van der Waals surface area contributed by atoms with Crippen molar-refractivity contribution in [2.24, 2.45) is 4.99 Å². The Labute approximate surface area is 177 Å². The highest BCUT2D eigenvalue weighted by Gasteiger charge is 2.18. The van der Waals surface area contributed by atoms with Crippen LogP contribution in [0, 0.1) is 11.3 Å². The number of nitriles is 1. The number of benzene rings is 1. The number of methoxy groups -OCH3 is 2. The number of aliphatic imine (C=N–C) groups is 1. The first-order chi connectivity index (χ1) is 14.7. The fraction of sp³-hybridized carbons (Fsp3) is 0.476. The molecule has 0 unspecified atom stereocenters. The normalized spacial score (nSPS) is 14.8. The molecule has 0 spiro atoms. The molecule has 0 aliphatic carbocycles. The molecule has 1 saturated heterocycles. The second-order valence-electron chi connectivity index (χ2n) is 6.85. The van der Waals surface area contributed by atoms with Gasteiger partial charge in [0.1, 0.15) is 24.0 Å². The Morgan fingerprint density at radius 3 is 2.53 bits per heavy atom. The zero-order valence-corrected chi connectivity index (χ0v) is 17.5. The molecule has 0 atom stereocenters. The Morgan fingerprint density at radius 1 is 1.10 bits per heavy atom. The molecule has 1 fully saturated rings. The van der Waals surface area contributed by atoms with E-state index in [9.17, 15) is 5.26 Å². The lowest BCUT2D eigenvalue weighted by Gasteiger charge is -2.36. The summed E-state index contributed by atoms with van der Waals surface area (Å²) in [6.45, 7) is 6.51. The monoisotopic (exact) mass is 412 g/mol. The molecule has 3 rings (SSSR count). The van der Waals surface area contributed by atoms with Gasteiger partial charge in [-0.05, 0) is 24.3 Å². The van der Waals surface area contributed by atoms with E-state index < -0.39 is 0 Å². The summed E-state index contributed by atoms with van der Waals surface area (Å²) >= 11 is 0. The van der Waals surface area contributed by atoms with Crippen LogP contribution >= 0.6 is 0 Å². The van der Waals surface area contributed by atoms with Crippen LogP contribution in [-0.4, -0.2) is 81.2 Å². The Kier molecular flexibility index (Phi) is 8.06. The second kappa shape index (κ2) is 11.2. The maximum atomic E-state index is 9.21. The van der Waals surface area contributed by atoms with Gasteiger partial charge in [-0.25, -0.2) is 4.68 Å². The maximum Gasteiger partial charge on any atom is 0.175 e. The summed E-state index contributed by atoms with van der Waals surface area (Å²) in [5.74, 6) is 1.39. The van der Waals surface area contributed by atoms with E-state index in [0.717, 1.165) is 38.5 Å². The van der Waals surface area contributed by atoms with Crippen molar-refractivity contribution in [3.63, 3.8) is 0 Å². The number of hydrogen-bond donors (Lipinski definition) is 0. The molecule has 2 heterocycles. The first kappa shape index (κ1) is 21.6. The van der Waals surface area contributed by atoms with Crippen LogP contribution in [0.25, 0.3) is 0 Å². The van der Waals surface area contributed by atoms with E-state index in [4.69, 9.17) is 14.2 Å². The lowest BCUT2D eigenvalue weighted by atomic mass is 10.2. The molecule has 160 valence electrons. The van der Waals surface area contributed by atoms with E-state index in [-0.39, 0.29) is 0 Å². The molecule has 9 nitrogen and oxygen atoms in total. The third kappa shape index (κ3) is 5.72. The van der Waals surface area contributed by atoms with Gasteiger partial charge in [0.05, 0.1) is 26.5 Å². The number of anilines is 1. The molecule has 9 heteroatoms. The number of nitrogens with zero attached hydrogens (tertiary/aromatic N) is 6. The van der Waals surface area contributed by atoms with Crippen LogP contribution < -0.4 is 9.64 Å². The molecule has 0 amide bonds. The van der Waals surface area contributed by atoms with Gasteiger partial charge in [0.2, 0.25) is 0 Å². The summed E-state index contributed by atoms with van der Waals surface area (Å²) < 4.78 is 17.3. The smallest absolute Gasteiger partial charge is 0.175 e. The van der Waals surface area contributed by atoms with E-state index in [2.05, 4.69) is 38.1 Å². The van der Waals surface area contributed by atoms with E-state index in [1.54, 1.807) is 18.0 Å². The lowest BCUT2D eigenvalue weighted by molar-refractivity contribution is 0.146. The standard InChI is InChI=1S/C21H28N6O3/c1-28-13-14-30-20-5-3-19(4-6-20)26-10-7-25(8-11-26)9-12-27-21(23-17-29-2)18(15-22)16-24-27/h3-6,16-17H,7-14H2,1-2H3. The van der Waals surface area contributed by atoms with Crippen molar-refractivity contribution in [2.75, 3.05) is 65.1 Å². The quantitative estimate of drug-likeness (QED) is 0.335. The van der Waals surface area contributed by atoms with Gasteiger partial charge in [-0.1, -0.05) is 0 Å². The minimum atomic E-state index is 0.447. The highest BCUT2D eigenvalue weighted by molar-refractivity contribution is 5.58.